The average Bonchev–Trinajstić information content (AvgIpc) is 2.01. The van der Waals surface area contributed by atoms with Gasteiger partial charge in [0.05, 0.1) is 0 Å². The molecule has 0 aliphatic carbocycles. The molecule has 1 unspecified atom stereocenters. The van der Waals surface area contributed by atoms with Crippen molar-refractivity contribution in [1.29, 1.82) is 0 Å². The second kappa shape index (κ2) is 3.57. The standard InChI is InChI=1S/C9H9F3OSe/c1-8(13,14)6-2-4-7(5-3-6)9(10,11)12/h2-5,13-14H,1H3. The topological polar surface area (TPSA) is 20.2 Å². The molecule has 0 amide bonds. The van der Waals surface area contributed by atoms with Gasteiger partial charge in [0.25, 0.3) is 0 Å². The van der Waals surface area contributed by atoms with E-state index >= 15 is 0 Å². The summed E-state index contributed by atoms with van der Waals surface area (Å²) in [4.78, 5) is 0. The van der Waals surface area contributed by atoms with E-state index in [-0.39, 0.29) is 0 Å². The first kappa shape index (κ1) is 11.6. The van der Waals surface area contributed by atoms with Gasteiger partial charge in [0.15, 0.2) is 0 Å². The van der Waals surface area contributed by atoms with Gasteiger partial charge in [-0.05, 0) is 0 Å². The van der Waals surface area contributed by atoms with E-state index in [2.05, 4.69) is 0 Å². The molecule has 0 heterocycles. The van der Waals surface area contributed by atoms with Crippen LogP contribution in [0.2, 0.25) is 0 Å². The van der Waals surface area contributed by atoms with E-state index in [1.54, 1.807) is 0 Å². The van der Waals surface area contributed by atoms with Crippen molar-refractivity contribution >= 4 is 16.0 Å². The molecular formula is C9H9F3OSe. The minimum absolute atomic E-state index is 0.436. The molecule has 1 N–H and O–H groups in total. The fraction of sp³-hybridized carbons (Fsp3) is 0.333. The summed E-state index contributed by atoms with van der Waals surface area (Å²) in [6.07, 6.45) is -4.33. The van der Waals surface area contributed by atoms with Gasteiger partial charge < -0.3 is 0 Å². The van der Waals surface area contributed by atoms with Crippen LogP contribution in [0.5, 0.6) is 0 Å². The SMILES string of the molecule is CC(O)([SeH])c1ccc(C(F)(F)F)cc1. The molecule has 14 heavy (non-hydrogen) atoms. The van der Waals surface area contributed by atoms with Crippen LogP contribution in [0.4, 0.5) is 13.2 Å². The summed E-state index contributed by atoms with van der Waals surface area (Å²) in [5, 5.41) is 9.47. The van der Waals surface area contributed by atoms with Crippen LogP contribution in [-0.4, -0.2) is 21.1 Å². The first-order chi connectivity index (χ1) is 6.21. The number of hydrogen-bond donors (Lipinski definition) is 1. The third kappa shape index (κ3) is 2.74. The number of rotatable bonds is 1. The Balaban J connectivity index is 3.02. The zero-order chi connectivity index (χ0) is 11.0. The van der Waals surface area contributed by atoms with Gasteiger partial charge in [0.1, 0.15) is 0 Å². The number of halogens is 3. The van der Waals surface area contributed by atoms with Crippen molar-refractivity contribution in [2.75, 3.05) is 0 Å². The monoisotopic (exact) mass is 270 g/mol. The summed E-state index contributed by atoms with van der Waals surface area (Å²) in [5.41, 5.74) is -0.275. The summed E-state index contributed by atoms with van der Waals surface area (Å²) in [6.45, 7) is 1.50. The van der Waals surface area contributed by atoms with Crippen LogP contribution in [0.15, 0.2) is 24.3 Å². The maximum atomic E-state index is 12.1. The Morgan fingerprint density at radius 2 is 1.43 bits per heavy atom. The van der Waals surface area contributed by atoms with Gasteiger partial charge in [-0.25, -0.2) is 0 Å². The molecule has 0 fully saturated rings. The van der Waals surface area contributed by atoms with Crippen molar-refractivity contribution in [3.63, 3.8) is 0 Å². The number of hydrogen-bond acceptors (Lipinski definition) is 1. The zero-order valence-electron chi connectivity index (χ0n) is 7.34. The van der Waals surface area contributed by atoms with Crippen LogP contribution in [0.1, 0.15) is 18.1 Å². The van der Waals surface area contributed by atoms with Gasteiger partial charge in [0.2, 0.25) is 0 Å². The second-order valence-corrected chi connectivity index (χ2v) is 4.92. The molecule has 0 saturated heterocycles. The molecule has 0 aromatic heterocycles. The molecule has 1 atom stereocenters. The number of benzene rings is 1. The maximum absolute atomic E-state index is 12.1. The molecule has 0 radical (unpaired) electrons. The van der Waals surface area contributed by atoms with E-state index < -0.39 is 16.2 Å². The average molecular weight is 269 g/mol. The third-order valence-corrected chi connectivity index (χ3v) is 2.30. The Labute approximate surface area is 87.8 Å². The van der Waals surface area contributed by atoms with Crippen molar-refractivity contribution in [3.8, 4) is 0 Å². The summed E-state index contributed by atoms with van der Waals surface area (Å²) < 4.78 is 35.3. The predicted octanol–water partition coefficient (Wildman–Crippen LogP) is 1.77. The molecule has 0 saturated carbocycles. The number of alkyl halides is 3. The van der Waals surface area contributed by atoms with Crippen molar-refractivity contribution < 1.29 is 18.3 Å². The second-order valence-electron chi connectivity index (χ2n) is 3.10. The Hall–Kier alpha value is -0.511. The van der Waals surface area contributed by atoms with Crippen molar-refractivity contribution in [3.05, 3.63) is 35.4 Å². The molecule has 1 aromatic rings. The van der Waals surface area contributed by atoms with Gasteiger partial charge in [-0.2, -0.15) is 0 Å². The molecule has 0 spiro atoms. The van der Waals surface area contributed by atoms with Gasteiger partial charge in [0, 0.05) is 0 Å². The van der Waals surface area contributed by atoms with Crippen molar-refractivity contribution in [2.24, 2.45) is 0 Å². The normalized spacial score (nSPS) is 16.4. The summed E-state index contributed by atoms with van der Waals surface area (Å²) in [6, 6.07) is 4.44. The van der Waals surface area contributed by atoms with Crippen LogP contribution in [-0.2, 0) is 10.7 Å². The minimum atomic E-state index is -4.33. The first-order valence-corrected chi connectivity index (χ1v) is 4.77. The Bertz CT molecular complexity index is 277. The van der Waals surface area contributed by atoms with E-state index in [4.69, 9.17) is 0 Å². The molecule has 1 nitrogen and oxygen atoms in total. The van der Waals surface area contributed by atoms with Crippen LogP contribution >= 0.6 is 0 Å². The summed E-state index contributed by atoms with van der Waals surface area (Å²) >= 11 is 1.99. The fourth-order valence-corrected chi connectivity index (χ4v) is 1.29. The number of aliphatic hydroxyl groups is 1. The quantitative estimate of drug-likeness (QED) is 0.770. The van der Waals surface area contributed by atoms with Gasteiger partial charge in [-0.15, -0.1) is 0 Å². The summed E-state index contributed by atoms with van der Waals surface area (Å²) in [7, 11) is 0. The van der Waals surface area contributed by atoms with E-state index in [0.717, 1.165) is 12.1 Å². The van der Waals surface area contributed by atoms with Gasteiger partial charge >= 0.3 is 87.3 Å². The molecule has 0 aliphatic heterocycles. The molecule has 1 aromatic carbocycles. The van der Waals surface area contributed by atoms with E-state index in [1.807, 2.05) is 16.0 Å². The summed E-state index contributed by atoms with van der Waals surface area (Å²) in [5.74, 6) is 0. The molecule has 5 heteroatoms. The molecular weight excluding hydrogens is 260 g/mol. The fourth-order valence-electron chi connectivity index (χ4n) is 0.975. The zero-order valence-corrected chi connectivity index (χ0v) is 9.21. The molecule has 0 aliphatic rings. The predicted molar refractivity (Wildman–Crippen MR) is 48.2 cm³/mol. The van der Waals surface area contributed by atoms with Gasteiger partial charge in [-0.1, -0.05) is 0 Å². The van der Waals surface area contributed by atoms with E-state index in [0.29, 0.717) is 5.56 Å². The third-order valence-electron chi connectivity index (χ3n) is 1.76. The van der Waals surface area contributed by atoms with Crippen molar-refractivity contribution in [1.82, 2.24) is 0 Å². The molecule has 0 bridgehead atoms. The van der Waals surface area contributed by atoms with E-state index in [1.165, 1.54) is 19.1 Å². The van der Waals surface area contributed by atoms with E-state index in [9.17, 15) is 18.3 Å². The first-order valence-electron chi connectivity index (χ1n) is 3.84. The Morgan fingerprint density at radius 1 is 1.07 bits per heavy atom. The van der Waals surface area contributed by atoms with Crippen molar-refractivity contribution in [2.45, 2.75) is 17.6 Å². The molecule has 78 valence electrons. The Morgan fingerprint density at radius 3 is 1.71 bits per heavy atom. The Kier molecular flexibility index (Phi) is 2.95. The molecule has 1 rings (SSSR count). The van der Waals surface area contributed by atoms with Crippen LogP contribution in [0.25, 0.3) is 0 Å². The van der Waals surface area contributed by atoms with Crippen LogP contribution in [0.3, 0.4) is 0 Å². The van der Waals surface area contributed by atoms with Crippen LogP contribution < -0.4 is 0 Å². The van der Waals surface area contributed by atoms with Crippen LogP contribution in [0, 0.1) is 0 Å². The van der Waals surface area contributed by atoms with Gasteiger partial charge in [-0.3, -0.25) is 0 Å².